The number of rotatable bonds is 4. The molecule has 60 valence electrons. The van der Waals surface area contributed by atoms with E-state index in [0.29, 0.717) is 5.92 Å². The summed E-state index contributed by atoms with van der Waals surface area (Å²) in [5.74, 6) is 0.432. The van der Waals surface area contributed by atoms with Gasteiger partial charge in [-0.3, -0.25) is 4.99 Å². The molecule has 0 aromatic heterocycles. The first kappa shape index (κ1) is 9.89. The smallest absolute Gasteiger partial charge is 0.0423 e. The maximum Gasteiger partial charge on any atom is 0.0423 e. The first-order chi connectivity index (χ1) is 5.22. The van der Waals surface area contributed by atoms with Crippen molar-refractivity contribution in [2.24, 2.45) is 10.9 Å². The van der Waals surface area contributed by atoms with Gasteiger partial charge in [-0.1, -0.05) is 33.1 Å². The third kappa shape index (κ3) is 4.31. The van der Waals surface area contributed by atoms with Gasteiger partial charge in [-0.05, 0) is 18.1 Å². The Kier molecular flexibility index (Phi) is 5.09. The van der Waals surface area contributed by atoms with E-state index in [1.54, 1.807) is 24.4 Å². The lowest BCUT2D eigenvalue weighted by molar-refractivity contribution is 0.889. The van der Waals surface area contributed by atoms with E-state index >= 15 is 0 Å². The van der Waals surface area contributed by atoms with Gasteiger partial charge in [0.1, 0.15) is 0 Å². The molecule has 0 aliphatic rings. The van der Waals surface area contributed by atoms with Gasteiger partial charge in [-0.25, -0.2) is 0 Å². The fraction of sp³-hybridized carbons (Fsp3) is 0.300. The molecule has 0 heterocycles. The van der Waals surface area contributed by atoms with E-state index in [4.69, 9.17) is 0 Å². The molecular weight excluding hydrogens is 134 g/mol. The Hall–Kier alpha value is -1.11. The third-order valence-electron chi connectivity index (χ3n) is 1.25. The molecular formula is C10H15N. The van der Waals surface area contributed by atoms with E-state index in [0.717, 1.165) is 5.71 Å². The molecule has 0 aliphatic heterocycles. The van der Waals surface area contributed by atoms with Crippen LogP contribution >= 0.6 is 0 Å². The van der Waals surface area contributed by atoms with Gasteiger partial charge in [0.05, 0.1) is 0 Å². The van der Waals surface area contributed by atoms with Crippen molar-refractivity contribution in [3.63, 3.8) is 0 Å². The van der Waals surface area contributed by atoms with Gasteiger partial charge in [-0.15, -0.1) is 0 Å². The maximum absolute atomic E-state index is 4.18. The Balaban J connectivity index is 4.23. The van der Waals surface area contributed by atoms with E-state index in [1.807, 2.05) is 0 Å². The Labute approximate surface area is 68.9 Å². The van der Waals surface area contributed by atoms with Crippen LogP contribution in [0, 0.1) is 5.92 Å². The Morgan fingerprint density at radius 2 is 2.00 bits per heavy atom. The van der Waals surface area contributed by atoms with Crippen molar-refractivity contribution < 1.29 is 0 Å². The van der Waals surface area contributed by atoms with Crippen LogP contribution in [0.15, 0.2) is 42.6 Å². The van der Waals surface area contributed by atoms with Gasteiger partial charge in [0.25, 0.3) is 0 Å². The highest BCUT2D eigenvalue weighted by molar-refractivity contribution is 5.96. The van der Waals surface area contributed by atoms with E-state index in [-0.39, 0.29) is 0 Å². The minimum absolute atomic E-state index is 0.432. The van der Waals surface area contributed by atoms with Crippen molar-refractivity contribution in [2.75, 3.05) is 0 Å². The zero-order valence-electron chi connectivity index (χ0n) is 7.25. The van der Waals surface area contributed by atoms with Crippen LogP contribution < -0.4 is 0 Å². The number of allylic oxidation sites excluding steroid dienone is 3. The van der Waals surface area contributed by atoms with Crippen molar-refractivity contribution in [3.8, 4) is 0 Å². The van der Waals surface area contributed by atoms with E-state index in [1.165, 1.54) is 0 Å². The summed E-state index contributed by atoms with van der Waals surface area (Å²) in [6.45, 7) is 11.4. The summed E-state index contributed by atoms with van der Waals surface area (Å²) in [4.78, 5) is 4.18. The highest BCUT2D eigenvalue weighted by atomic mass is 14.7. The Bertz CT molecular complexity index is 185. The predicted molar refractivity (Wildman–Crippen MR) is 51.8 cm³/mol. The topological polar surface area (TPSA) is 12.4 Å². The lowest BCUT2D eigenvalue weighted by Crippen LogP contribution is -2.01. The van der Waals surface area contributed by atoms with Crippen molar-refractivity contribution in [1.82, 2.24) is 0 Å². The summed E-state index contributed by atoms with van der Waals surface area (Å²) in [6, 6.07) is 0. The first-order valence-electron chi connectivity index (χ1n) is 3.70. The fourth-order valence-electron chi connectivity index (χ4n) is 0.627. The molecule has 0 rings (SSSR count). The van der Waals surface area contributed by atoms with Gasteiger partial charge in [0, 0.05) is 11.9 Å². The van der Waals surface area contributed by atoms with Crippen molar-refractivity contribution in [2.45, 2.75) is 13.8 Å². The van der Waals surface area contributed by atoms with Gasteiger partial charge in [0.15, 0.2) is 0 Å². The minimum Gasteiger partial charge on any atom is -0.261 e. The molecule has 0 saturated heterocycles. The molecule has 0 aromatic carbocycles. The summed E-state index contributed by atoms with van der Waals surface area (Å²) in [7, 11) is 0. The highest BCUT2D eigenvalue weighted by Gasteiger charge is 1.96. The van der Waals surface area contributed by atoms with Crippen molar-refractivity contribution >= 4 is 5.71 Å². The summed E-state index contributed by atoms with van der Waals surface area (Å²) in [5, 5.41) is 0. The van der Waals surface area contributed by atoms with Crippen LogP contribution in [0.3, 0.4) is 0 Å². The van der Waals surface area contributed by atoms with Crippen LogP contribution in [0.5, 0.6) is 0 Å². The van der Waals surface area contributed by atoms with Gasteiger partial charge in [-0.2, -0.15) is 0 Å². The molecule has 0 radical (unpaired) electrons. The molecule has 0 amide bonds. The second-order valence-corrected chi connectivity index (χ2v) is 2.49. The molecule has 1 nitrogen and oxygen atoms in total. The number of hydrogen-bond acceptors (Lipinski definition) is 1. The fourth-order valence-corrected chi connectivity index (χ4v) is 0.627. The van der Waals surface area contributed by atoms with Crippen LogP contribution in [-0.4, -0.2) is 5.71 Å². The second-order valence-electron chi connectivity index (χ2n) is 2.49. The molecule has 1 heteroatoms. The second kappa shape index (κ2) is 5.66. The van der Waals surface area contributed by atoms with Crippen LogP contribution in [0.2, 0.25) is 0 Å². The van der Waals surface area contributed by atoms with Gasteiger partial charge < -0.3 is 0 Å². The van der Waals surface area contributed by atoms with E-state index < -0.39 is 0 Å². The van der Waals surface area contributed by atoms with E-state index in [2.05, 4.69) is 32.0 Å². The maximum atomic E-state index is 4.18. The summed E-state index contributed by atoms with van der Waals surface area (Å²) < 4.78 is 0. The zero-order chi connectivity index (χ0) is 8.69. The van der Waals surface area contributed by atoms with Gasteiger partial charge in [0.2, 0.25) is 0 Å². The normalized spacial score (nSPS) is 12.5. The van der Waals surface area contributed by atoms with Crippen LogP contribution in [0.4, 0.5) is 0 Å². The molecule has 0 unspecified atom stereocenters. The van der Waals surface area contributed by atoms with Crippen LogP contribution in [-0.2, 0) is 0 Å². The first-order valence-corrected chi connectivity index (χ1v) is 3.70. The molecule has 0 aliphatic carbocycles. The summed E-state index contributed by atoms with van der Waals surface area (Å²) >= 11 is 0. The quantitative estimate of drug-likeness (QED) is 0.430. The van der Waals surface area contributed by atoms with Crippen LogP contribution in [0.25, 0.3) is 0 Å². The molecule has 0 saturated carbocycles. The SMILES string of the molecule is C=C/C=C\N=C(C=C)C(C)C. The lowest BCUT2D eigenvalue weighted by Gasteiger charge is -2.01. The molecule has 0 spiro atoms. The van der Waals surface area contributed by atoms with Gasteiger partial charge >= 0.3 is 0 Å². The molecule has 0 N–H and O–H groups in total. The molecule has 11 heavy (non-hydrogen) atoms. The number of aliphatic imine (C=N–C) groups is 1. The Morgan fingerprint density at radius 1 is 1.36 bits per heavy atom. The monoisotopic (exact) mass is 149 g/mol. The average molecular weight is 149 g/mol. The predicted octanol–water partition coefficient (Wildman–Crippen LogP) is 2.97. The minimum atomic E-state index is 0.432. The Morgan fingerprint density at radius 3 is 2.36 bits per heavy atom. The third-order valence-corrected chi connectivity index (χ3v) is 1.25. The largest absolute Gasteiger partial charge is 0.261 e. The van der Waals surface area contributed by atoms with Crippen LogP contribution in [0.1, 0.15) is 13.8 Å². The molecule has 0 atom stereocenters. The van der Waals surface area contributed by atoms with Crippen molar-refractivity contribution in [1.29, 1.82) is 0 Å². The number of nitrogens with zero attached hydrogens (tertiary/aromatic N) is 1. The zero-order valence-corrected chi connectivity index (χ0v) is 7.25. The molecule has 0 aromatic rings. The number of hydrogen-bond donors (Lipinski definition) is 0. The standard InChI is InChI=1S/C10H15N/c1-5-7-8-11-10(6-2)9(3)4/h5-9H,1-2H2,3-4H3/b8-7-,11-10?. The summed E-state index contributed by atoms with van der Waals surface area (Å²) in [6.07, 6.45) is 7.00. The molecule has 0 bridgehead atoms. The molecule has 0 fully saturated rings. The average Bonchev–Trinajstić information content (AvgIpc) is 1.97. The highest BCUT2D eigenvalue weighted by Crippen LogP contribution is 1.98. The van der Waals surface area contributed by atoms with Crippen molar-refractivity contribution in [3.05, 3.63) is 37.6 Å². The van der Waals surface area contributed by atoms with E-state index in [9.17, 15) is 0 Å². The summed E-state index contributed by atoms with van der Waals surface area (Å²) in [5.41, 5.74) is 1.00. The lowest BCUT2D eigenvalue weighted by atomic mass is 10.1.